The number of oxime groups is 1. The largest absolute Gasteiger partial charge is 0.465 e. The summed E-state index contributed by atoms with van der Waals surface area (Å²) in [5, 5.41) is 10.8. The summed E-state index contributed by atoms with van der Waals surface area (Å²) >= 11 is 0. The minimum atomic E-state index is 0.736. The molecule has 1 aromatic rings. The quantitative estimate of drug-likeness (QED) is 0.383. The van der Waals surface area contributed by atoms with E-state index < -0.39 is 0 Å². The topological polar surface area (TPSA) is 45.7 Å². The monoisotopic (exact) mass is 137 g/mol. The van der Waals surface area contributed by atoms with Crippen LogP contribution in [0.25, 0.3) is 6.08 Å². The standard InChI is InChI=1S/C7H7NO2/c9-8-5-1-3-7-4-2-6-10-7/h1-6,9H. The molecule has 0 fully saturated rings. The molecule has 0 aromatic carbocycles. The van der Waals surface area contributed by atoms with Crippen molar-refractivity contribution in [3.63, 3.8) is 0 Å². The Balaban J connectivity index is 2.55. The van der Waals surface area contributed by atoms with Crippen molar-refractivity contribution in [2.45, 2.75) is 0 Å². The molecule has 0 aliphatic rings. The van der Waals surface area contributed by atoms with Crippen molar-refractivity contribution < 1.29 is 9.62 Å². The third-order valence-electron chi connectivity index (χ3n) is 0.956. The zero-order chi connectivity index (χ0) is 7.23. The summed E-state index contributed by atoms with van der Waals surface area (Å²) in [5.74, 6) is 0.736. The lowest BCUT2D eigenvalue weighted by atomic mass is 10.4. The van der Waals surface area contributed by atoms with Crippen LogP contribution in [-0.2, 0) is 0 Å². The molecule has 10 heavy (non-hydrogen) atoms. The van der Waals surface area contributed by atoms with Crippen LogP contribution < -0.4 is 0 Å². The molecule has 0 saturated heterocycles. The van der Waals surface area contributed by atoms with Gasteiger partial charge >= 0.3 is 0 Å². The molecular weight excluding hydrogens is 130 g/mol. The van der Waals surface area contributed by atoms with Crippen LogP contribution >= 0.6 is 0 Å². The van der Waals surface area contributed by atoms with E-state index in [1.807, 2.05) is 6.07 Å². The third kappa shape index (κ3) is 1.78. The molecule has 0 aliphatic heterocycles. The van der Waals surface area contributed by atoms with Gasteiger partial charge in [0, 0.05) is 0 Å². The van der Waals surface area contributed by atoms with Gasteiger partial charge in [-0.25, -0.2) is 0 Å². The molecule has 52 valence electrons. The number of allylic oxidation sites excluding steroid dienone is 1. The summed E-state index contributed by atoms with van der Waals surface area (Å²) in [4.78, 5) is 0. The normalized spacial score (nSPS) is 11.6. The van der Waals surface area contributed by atoms with Crippen molar-refractivity contribution >= 4 is 12.3 Å². The van der Waals surface area contributed by atoms with Gasteiger partial charge in [0.15, 0.2) is 0 Å². The number of hydrogen-bond acceptors (Lipinski definition) is 3. The lowest BCUT2D eigenvalue weighted by molar-refractivity contribution is 0.322. The first-order valence-corrected chi connectivity index (χ1v) is 2.81. The number of nitrogens with zero attached hydrogens (tertiary/aromatic N) is 1. The minimum Gasteiger partial charge on any atom is -0.465 e. The summed E-state index contributed by atoms with van der Waals surface area (Å²) in [7, 11) is 0. The molecule has 0 atom stereocenters. The first-order chi connectivity index (χ1) is 4.93. The Labute approximate surface area is 58.3 Å². The zero-order valence-corrected chi connectivity index (χ0v) is 5.27. The van der Waals surface area contributed by atoms with Crippen LogP contribution in [0.15, 0.2) is 34.0 Å². The second-order valence-electron chi connectivity index (χ2n) is 1.64. The van der Waals surface area contributed by atoms with E-state index in [0.29, 0.717) is 0 Å². The van der Waals surface area contributed by atoms with Crippen LogP contribution in [0.5, 0.6) is 0 Å². The molecule has 0 amide bonds. The van der Waals surface area contributed by atoms with Gasteiger partial charge in [-0.1, -0.05) is 5.16 Å². The minimum absolute atomic E-state index is 0.736. The van der Waals surface area contributed by atoms with Crippen LogP contribution in [0.3, 0.4) is 0 Å². The third-order valence-corrected chi connectivity index (χ3v) is 0.956. The van der Waals surface area contributed by atoms with Crippen molar-refractivity contribution in [3.05, 3.63) is 30.2 Å². The number of rotatable bonds is 2. The highest BCUT2D eigenvalue weighted by molar-refractivity contribution is 5.76. The second-order valence-corrected chi connectivity index (χ2v) is 1.64. The van der Waals surface area contributed by atoms with Gasteiger partial charge in [-0.15, -0.1) is 0 Å². The van der Waals surface area contributed by atoms with E-state index in [4.69, 9.17) is 9.62 Å². The van der Waals surface area contributed by atoms with Gasteiger partial charge in [0.05, 0.1) is 12.5 Å². The van der Waals surface area contributed by atoms with E-state index >= 15 is 0 Å². The van der Waals surface area contributed by atoms with Crippen molar-refractivity contribution in [2.24, 2.45) is 5.16 Å². The molecular formula is C7H7NO2. The first-order valence-electron chi connectivity index (χ1n) is 2.81. The Kier molecular flexibility index (Phi) is 2.31. The van der Waals surface area contributed by atoms with Gasteiger partial charge in [0.2, 0.25) is 0 Å². The number of hydrogen-bond donors (Lipinski definition) is 1. The molecule has 3 nitrogen and oxygen atoms in total. The highest BCUT2D eigenvalue weighted by Crippen LogP contribution is 2.00. The molecule has 0 spiro atoms. The molecule has 0 aliphatic carbocycles. The van der Waals surface area contributed by atoms with Gasteiger partial charge < -0.3 is 9.62 Å². The van der Waals surface area contributed by atoms with Crippen molar-refractivity contribution in [1.82, 2.24) is 0 Å². The van der Waals surface area contributed by atoms with Gasteiger partial charge in [0.25, 0.3) is 0 Å². The summed E-state index contributed by atoms with van der Waals surface area (Å²) in [6.07, 6.45) is 6.12. The number of furan rings is 1. The molecule has 1 N–H and O–H groups in total. The Morgan fingerprint density at radius 1 is 1.60 bits per heavy atom. The van der Waals surface area contributed by atoms with E-state index in [2.05, 4.69) is 5.16 Å². The Morgan fingerprint density at radius 2 is 2.50 bits per heavy atom. The van der Waals surface area contributed by atoms with Gasteiger partial charge in [0.1, 0.15) is 5.76 Å². The summed E-state index contributed by atoms with van der Waals surface area (Å²) in [5.41, 5.74) is 0. The molecule has 1 rings (SSSR count). The smallest absolute Gasteiger partial charge is 0.126 e. The first kappa shape index (κ1) is 6.61. The highest BCUT2D eigenvalue weighted by Gasteiger charge is 1.83. The maximum absolute atomic E-state index is 7.98. The lowest BCUT2D eigenvalue weighted by Gasteiger charge is -1.77. The molecule has 3 heteroatoms. The summed E-state index contributed by atoms with van der Waals surface area (Å²) < 4.78 is 4.95. The van der Waals surface area contributed by atoms with Crippen LogP contribution in [0.4, 0.5) is 0 Å². The average molecular weight is 137 g/mol. The summed E-state index contributed by atoms with van der Waals surface area (Å²) in [6.45, 7) is 0. The van der Waals surface area contributed by atoms with E-state index in [1.165, 1.54) is 6.21 Å². The average Bonchev–Trinajstić information content (AvgIpc) is 2.41. The zero-order valence-electron chi connectivity index (χ0n) is 5.27. The van der Waals surface area contributed by atoms with Crippen LogP contribution in [0, 0.1) is 0 Å². The van der Waals surface area contributed by atoms with E-state index in [0.717, 1.165) is 5.76 Å². The maximum atomic E-state index is 7.98. The Hall–Kier alpha value is -1.51. The SMILES string of the molecule is ON=CC=Cc1ccco1. The molecule has 0 radical (unpaired) electrons. The Morgan fingerprint density at radius 3 is 3.10 bits per heavy atom. The van der Waals surface area contributed by atoms with E-state index in [1.54, 1.807) is 24.5 Å². The molecule has 1 aromatic heterocycles. The second kappa shape index (κ2) is 3.50. The summed E-state index contributed by atoms with van der Waals surface area (Å²) in [6, 6.07) is 3.59. The van der Waals surface area contributed by atoms with Crippen LogP contribution in [0.2, 0.25) is 0 Å². The van der Waals surface area contributed by atoms with E-state index in [-0.39, 0.29) is 0 Å². The molecule has 1 heterocycles. The van der Waals surface area contributed by atoms with Crippen LogP contribution in [0.1, 0.15) is 5.76 Å². The fraction of sp³-hybridized carbons (Fsp3) is 0. The van der Waals surface area contributed by atoms with Crippen molar-refractivity contribution in [3.8, 4) is 0 Å². The fourth-order valence-corrected chi connectivity index (χ4v) is 0.562. The van der Waals surface area contributed by atoms with Crippen molar-refractivity contribution in [1.29, 1.82) is 0 Å². The highest BCUT2D eigenvalue weighted by atomic mass is 16.4. The lowest BCUT2D eigenvalue weighted by Crippen LogP contribution is -1.63. The van der Waals surface area contributed by atoms with Gasteiger partial charge in [-0.3, -0.25) is 0 Å². The predicted octanol–water partition coefficient (Wildman–Crippen LogP) is 1.75. The van der Waals surface area contributed by atoms with Crippen molar-refractivity contribution in [2.75, 3.05) is 0 Å². The van der Waals surface area contributed by atoms with Crippen LogP contribution in [-0.4, -0.2) is 11.4 Å². The van der Waals surface area contributed by atoms with Gasteiger partial charge in [-0.05, 0) is 24.3 Å². The fourth-order valence-electron chi connectivity index (χ4n) is 0.562. The van der Waals surface area contributed by atoms with E-state index in [9.17, 15) is 0 Å². The predicted molar refractivity (Wildman–Crippen MR) is 38.0 cm³/mol. The molecule has 0 bridgehead atoms. The molecule has 0 saturated carbocycles. The Bertz CT molecular complexity index is 224. The molecule has 0 unspecified atom stereocenters. The maximum Gasteiger partial charge on any atom is 0.126 e. The van der Waals surface area contributed by atoms with Gasteiger partial charge in [-0.2, -0.15) is 0 Å².